The summed E-state index contributed by atoms with van der Waals surface area (Å²) in [4.78, 5) is 52.3. The smallest absolute Gasteiger partial charge is 0.290 e. The molecular formula is C28H36N4O7. The zero-order valence-electron chi connectivity index (χ0n) is 22.5. The number of hydrogen-bond acceptors (Lipinski definition) is 8. The normalized spacial score (nSPS) is 20.9. The van der Waals surface area contributed by atoms with Gasteiger partial charge >= 0.3 is 0 Å². The number of benzene rings is 1. The molecule has 1 saturated heterocycles. The molecular weight excluding hydrogens is 504 g/mol. The van der Waals surface area contributed by atoms with Crippen LogP contribution in [0.4, 0.5) is 0 Å². The van der Waals surface area contributed by atoms with Crippen LogP contribution in [0.25, 0.3) is 0 Å². The Kier molecular flexibility index (Phi) is 9.01. The number of hydrogen-bond donors (Lipinski definition) is 3. The second kappa shape index (κ2) is 12.4. The van der Waals surface area contributed by atoms with Crippen molar-refractivity contribution in [1.29, 1.82) is 0 Å². The Morgan fingerprint density at radius 3 is 2.28 bits per heavy atom. The average molecular weight is 541 g/mol. The molecule has 4 unspecified atom stereocenters. The summed E-state index contributed by atoms with van der Waals surface area (Å²) in [6.07, 6.45) is 6.30. The molecule has 0 bridgehead atoms. The summed E-state index contributed by atoms with van der Waals surface area (Å²) in [6, 6.07) is 5.85. The Morgan fingerprint density at radius 2 is 1.69 bits per heavy atom. The first-order chi connectivity index (χ1) is 18.7. The van der Waals surface area contributed by atoms with Gasteiger partial charge in [0.05, 0.1) is 26.0 Å². The van der Waals surface area contributed by atoms with E-state index in [1.54, 1.807) is 38.3 Å². The van der Waals surface area contributed by atoms with Crippen molar-refractivity contribution in [2.45, 2.75) is 76.1 Å². The molecule has 0 spiro atoms. The lowest BCUT2D eigenvalue weighted by molar-refractivity contribution is -0.133. The van der Waals surface area contributed by atoms with Crippen molar-refractivity contribution < 1.29 is 33.2 Å². The lowest BCUT2D eigenvalue weighted by atomic mass is 9.90. The number of carbonyl (C=O) groups is 4. The Hall–Kier alpha value is -3.73. The number of ketones is 1. The van der Waals surface area contributed by atoms with Crippen molar-refractivity contribution in [3.63, 3.8) is 0 Å². The molecule has 1 saturated carbocycles. The molecule has 0 radical (unpaired) electrons. The van der Waals surface area contributed by atoms with Gasteiger partial charge in [-0.2, -0.15) is 0 Å². The van der Waals surface area contributed by atoms with Gasteiger partial charge in [-0.25, -0.2) is 0 Å². The monoisotopic (exact) mass is 540 g/mol. The van der Waals surface area contributed by atoms with Gasteiger partial charge in [0.15, 0.2) is 5.78 Å². The summed E-state index contributed by atoms with van der Waals surface area (Å²) in [5.74, 6) is -0.821. The molecule has 4 atom stereocenters. The number of epoxide rings is 1. The largest absolute Gasteiger partial charge is 0.497 e. The summed E-state index contributed by atoms with van der Waals surface area (Å²) < 4.78 is 15.4. The number of methoxy groups -OCH3 is 1. The molecule has 11 nitrogen and oxygen atoms in total. The van der Waals surface area contributed by atoms with Gasteiger partial charge in [0, 0.05) is 12.5 Å². The van der Waals surface area contributed by atoms with E-state index in [0.29, 0.717) is 24.7 Å². The number of Topliss-reactive ketones (excluding diaryl/α,β-unsaturated/α-hetero) is 1. The van der Waals surface area contributed by atoms with E-state index in [2.05, 4.69) is 21.1 Å². The third-order valence-corrected chi connectivity index (χ3v) is 7.41. The van der Waals surface area contributed by atoms with E-state index in [1.807, 2.05) is 0 Å². The predicted octanol–water partition coefficient (Wildman–Crippen LogP) is 1.95. The van der Waals surface area contributed by atoms with Crippen LogP contribution in [0, 0.1) is 5.92 Å². The van der Waals surface area contributed by atoms with Crippen LogP contribution in [-0.4, -0.2) is 66.1 Å². The molecule has 11 heteroatoms. The topological polar surface area (TPSA) is 152 Å². The highest BCUT2D eigenvalue weighted by molar-refractivity contribution is 5.99. The average Bonchev–Trinajstić information content (AvgIpc) is 3.32. The third kappa shape index (κ3) is 7.44. The van der Waals surface area contributed by atoms with Crippen molar-refractivity contribution in [3.05, 3.63) is 47.9 Å². The van der Waals surface area contributed by atoms with Crippen LogP contribution in [0.5, 0.6) is 5.75 Å². The summed E-state index contributed by atoms with van der Waals surface area (Å²) in [5, 5.41) is 11.7. The molecule has 2 heterocycles. The molecule has 1 aliphatic heterocycles. The van der Waals surface area contributed by atoms with Crippen molar-refractivity contribution in [2.75, 3.05) is 13.7 Å². The highest BCUT2D eigenvalue weighted by Crippen LogP contribution is 2.33. The number of nitrogens with one attached hydrogen (secondary N) is 3. The van der Waals surface area contributed by atoms with E-state index in [-0.39, 0.29) is 18.0 Å². The van der Waals surface area contributed by atoms with E-state index in [1.165, 1.54) is 19.2 Å². The first kappa shape index (κ1) is 28.3. The number of nitrogens with zero attached hydrogens (tertiary/aromatic N) is 1. The Labute approximate surface area is 227 Å². The quantitative estimate of drug-likeness (QED) is 0.326. The fourth-order valence-electron chi connectivity index (χ4n) is 4.87. The summed E-state index contributed by atoms with van der Waals surface area (Å²) in [6.45, 7) is 3.57. The maximum absolute atomic E-state index is 13.6. The van der Waals surface area contributed by atoms with E-state index in [4.69, 9.17) is 14.0 Å². The van der Waals surface area contributed by atoms with Gasteiger partial charge in [0.2, 0.25) is 17.6 Å². The number of aromatic nitrogens is 1. The van der Waals surface area contributed by atoms with Gasteiger partial charge in [-0.15, -0.1) is 0 Å². The standard InChI is InChI=1S/C28H36N4O7/c1-17(30-27(36)23-12-13-29-39-23)25(34)32-22(15-19-8-10-20(37-3)11-9-19)26(35)31-21(14-18-6-4-5-7-18)24(33)28(2)16-38-28/h8-13,17-18,21-22H,4-7,14-16H2,1-3H3,(H,30,36)(H,31,35)(H,32,34). The van der Waals surface area contributed by atoms with Gasteiger partial charge in [-0.05, 0) is 43.9 Å². The maximum atomic E-state index is 13.6. The third-order valence-electron chi connectivity index (χ3n) is 7.41. The van der Waals surface area contributed by atoms with Crippen molar-refractivity contribution in [1.82, 2.24) is 21.1 Å². The van der Waals surface area contributed by atoms with Crippen LogP contribution in [0.1, 0.15) is 62.1 Å². The van der Waals surface area contributed by atoms with Crippen molar-refractivity contribution in [2.24, 2.45) is 5.92 Å². The van der Waals surface area contributed by atoms with E-state index < -0.39 is 41.4 Å². The number of amides is 3. The molecule has 2 fully saturated rings. The van der Waals surface area contributed by atoms with Gasteiger partial charge in [0.1, 0.15) is 23.4 Å². The van der Waals surface area contributed by atoms with Crippen molar-refractivity contribution >= 4 is 23.5 Å². The number of carbonyl (C=O) groups excluding carboxylic acids is 4. The Bertz CT molecular complexity index is 1160. The van der Waals surface area contributed by atoms with E-state index >= 15 is 0 Å². The predicted molar refractivity (Wildman–Crippen MR) is 140 cm³/mol. The second-order valence-corrected chi connectivity index (χ2v) is 10.5. The van der Waals surface area contributed by atoms with Crippen LogP contribution in [0.15, 0.2) is 41.1 Å². The first-order valence-corrected chi connectivity index (χ1v) is 13.3. The molecule has 39 heavy (non-hydrogen) atoms. The molecule has 3 amide bonds. The van der Waals surface area contributed by atoms with Gasteiger partial charge in [0.25, 0.3) is 5.91 Å². The molecule has 2 aromatic rings. The lowest BCUT2D eigenvalue weighted by Crippen LogP contribution is -2.57. The molecule has 1 aromatic carbocycles. The zero-order valence-corrected chi connectivity index (χ0v) is 22.5. The maximum Gasteiger partial charge on any atom is 0.290 e. The lowest BCUT2D eigenvalue weighted by Gasteiger charge is -2.26. The van der Waals surface area contributed by atoms with E-state index in [9.17, 15) is 19.2 Å². The van der Waals surface area contributed by atoms with Crippen LogP contribution >= 0.6 is 0 Å². The summed E-state index contributed by atoms with van der Waals surface area (Å²) >= 11 is 0. The number of rotatable bonds is 13. The minimum absolute atomic E-state index is 0.0359. The molecule has 3 N–H and O–H groups in total. The minimum atomic E-state index is -0.998. The molecule has 4 rings (SSSR count). The summed E-state index contributed by atoms with van der Waals surface area (Å²) in [5.41, 5.74) is -0.101. The molecule has 1 aromatic heterocycles. The van der Waals surface area contributed by atoms with E-state index in [0.717, 1.165) is 31.2 Å². The highest BCUT2D eigenvalue weighted by Gasteiger charge is 2.50. The Morgan fingerprint density at radius 1 is 1.03 bits per heavy atom. The fourth-order valence-corrected chi connectivity index (χ4v) is 4.87. The van der Waals surface area contributed by atoms with Gasteiger partial charge in [-0.3, -0.25) is 19.2 Å². The summed E-state index contributed by atoms with van der Waals surface area (Å²) in [7, 11) is 1.56. The minimum Gasteiger partial charge on any atom is -0.497 e. The van der Waals surface area contributed by atoms with Crippen LogP contribution in [0.3, 0.4) is 0 Å². The van der Waals surface area contributed by atoms with Crippen LogP contribution in [-0.2, 0) is 25.5 Å². The van der Waals surface area contributed by atoms with Gasteiger partial charge in [-0.1, -0.05) is 43.0 Å². The molecule has 210 valence electrons. The van der Waals surface area contributed by atoms with Crippen LogP contribution in [0.2, 0.25) is 0 Å². The zero-order chi connectivity index (χ0) is 28.0. The molecule has 1 aliphatic carbocycles. The highest BCUT2D eigenvalue weighted by atomic mass is 16.6. The van der Waals surface area contributed by atoms with Crippen molar-refractivity contribution in [3.8, 4) is 5.75 Å². The number of ether oxygens (including phenoxy) is 2. The Balaban J connectivity index is 1.48. The van der Waals surface area contributed by atoms with Crippen LogP contribution < -0.4 is 20.7 Å². The fraction of sp³-hybridized carbons (Fsp3) is 0.536. The first-order valence-electron chi connectivity index (χ1n) is 13.3. The second-order valence-electron chi connectivity index (χ2n) is 10.5. The SMILES string of the molecule is COc1ccc(CC(NC(=O)C(C)NC(=O)c2ccno2)C(=O)NC(CC2CCCC2)C(=O)C2(C)CO2)cc1. The van der Waals surface area contributed by atoms with Gasteiger partial charge < -0.3 is 29.9 Å². The molecule has 2 aliphatic rings.